The minimum atomic E-state index is -5.04. The van der Waals surface area contributed by atoms with Crippen LogP contribution in [-0.4, -0.2) is 28.2 Å². The number of hydrogen-bond donors (Lipinski definition) is 0. The Bertz CT molecular complexity index is 1160. The molecule has 0 aliphatic heterocycles. The monoisotopic (exact) mass is 475 g/mol. The van der Waals surface area contributed by atoms with Crippen LogP contribution in [0.15, 0.2) is 57.6 Å². The first-order valence-electron chi connectivity index (χ1n) is 7.38. The second-order valence-corrected chi connectivity index (χ2v) is 7.18. The van der Waals surface area contributed by atoms with E-state index in [4.69, 9.17) is 11.6 Å². The van der Waals surface area contributed by atoms with Gasteiger partial charge in [-0.25, -0.2) is 13.1 Å². The number of rotatable bonds is 4. The summed E-state index contributed by atoms with van der Waals surface area (Å²) in [7, 11) is -5.04. The van der Waals surface area contributed by atoms with Crippen molar-refractivity contribution in [1.29, 1.82) is 0 Å². The molecule has 0 saturated carbocycles. The number of hydrogen-bond acceptors (Lipinski definition) is 9. The fourth-order valence-corrected chi connectivity index (χ4v) is 3.16. The van der Waals surface area contributed by atoms with E-state index >= 15 is 0 Å². The van der Waals surface area contributed by atoms with Gasteiger partial charge in [0.1, 0.15) is 15.8 Å². The van der Waals surface area contributed by atoms with Crippen LogP contribution in [0.2, 0.25) is 5.02 Å². The van der Waals surface area contributed by atoms with Gasteiger partial charge in [0.2, 0.25) is 0 Å². The summed E-state index contributed by atoms with van der Waals surface area (Å²) in [6.07, 6.45) is 0. The van der Waals surface area contributed by atoms with Crippen LogP contribution in [0.4, 0.5) is 11.4 Å². The van der Waals surface area contributed by atoms with Crippen molar-refractivity contribution in [3.05, 3.63) is 53.2 Å². The normalized spacial score (nSPS) is 11.1. The molecular formula is C16H12ClCrN4O6S. The Hall–Kier alpha value is -2.46. The molecule has 29 heavy (non-hydrogen) atoms. The quantitative estimate of drug-likeness (QED) is 0.410. The Balaban J connectivity index is 0.00000280. The van der Waals surface area contributed by atoms with E-state index in [0.717, 1.165) is 16.8 Å². The number of azo groups is 1. The fraction of sp³-hybridized carbons (Fsp3) is 0.0625. The van der Waals surface area contributed by atoms with Gasteiger partial charge in [0.25, 0.3) is 0 Å². The Kier molecular flexibility index (Phi) is 7.93. The molecule has 0 aliphatic carbocycles. The summed E-state index contributed by atoms with van der Waals surface area (Å²) in [5, 5.41) is 35.8. The van der Waals surface area contributed by atoms with Gasteiger partial charge in [-0.05, 0) is 31.2 Å². The molecule has 0 amide bonds. The Morgan fingerprint density at radius 3 is 2.34 bits per heavy atom. The zero-order chi connectivity index (χ0) is 19.8. The van der Waals surface area contributed by atoms with Crippen molar-refractivity contribution in [2.45, 2.75) is 11.8 Å². The molecular weight excluding hydrogens is 464 g/mol. The van der Waals surface area contributed by atoms with E-state index in [-0.39, 0.29) is 40.7 Å². The Labute approximate surface area is 182 Å². The molecule has 2 aromatic carbocycles. The van der Waals surface area contributed by atoms with Gasteiger partial charge in [0.15, 0.2) is 0 Å². The van der Waals surface area contributed by atoms with Gasteiger partial charge in [-0.1, -0.05) is 35.5 Å². The molecule has 10 nitrogen and oxygen atoms in total. The molecule has 0 aliphatic rings. The summed E-state index contributed by atoms with van der Waals surface area (Å²) in [5.41, 5.74) is 0.144. The summed E-state index contributed by atoms with van der Waals surface area (Å²) < 4.78 is 34.6. The molecule has 13 heteroatoms. The molecule has 1 radical (unpaired) electrons. The van der Waals surface area contributed by atoms with E-state index < -0.39 is 32.3 Å². The van der Waals surface area contributed by atoms with Gasteiger partial charge in [0, 0.05) is 10.9 Å². The maximum atomic E-state index is 12.5. The van der Waals surface area contributed by atoms with Crippen molar-refractivity contribution < 1.29 is 47.4 Å². The van der Waals surface area contributed by atoms with Crippen molar-refractivity contribution in [3.63, 3.8) is 0 Å². The molecule has 151 valence electrons. The zero-order valence-electron chi connectivity index (χ0n) is 15.5. The van der Waals surface area contributed by atoms with Crippen LogP contribution in [0, 0.1) is 6.92 Å². The van der Waals surface area contributed by atoms with Crippen molar-refractivity contribution in [2.75, 3.05) is 0 Å². The summed E-state index contributed by atoms with van der Waals surface area (Å²) >= 11 is 5.73. The van der Waals surface area contributed by atoms with Crippen LogP contribution >= 0.6 is 11.6 Å². The predicted molar refractivity (Wildman–Crippen MR) is 93.8 cm³/mol. The molecule has 0 unspecified atom stereocenters. The predicted octanol–water partition coefficient (Wildman–Crippen LogP) is 2.23. The van der Waals surface area contributed by atoms with E-state index in [9.17, 15) is 23.2 Å². The van der Waals surface area contributed by atoms with Crippen molar-refractivity contribution in [1.82, 2.24) is 9.78 Å². The first-order chi connectivity index (χ1) is 12.7. The summed E-state index contributed by atoms with van der Waals surface area (Å²) in [5.74, 6) is -1.73. The van der Waals surface area contributed by atoms with Gasteiger partial charge < -0.3 is 20.2 Å². The molecule has 3 aromatic rings. The first-order valence-corrected chi connectivity index (χ1v) is 9.17. The van der Waals surface area contributed by atoms with Gasteiger partial charge in [-0.15, -0.1) is 5.11 Å². The van der Waals surface area contributed by atoms with E-state index in [0.29, 0.717) is 5.69 Å². The van der Waals surface area contributed by atoms with E-state index in [2.05, 4.69) is 15.3 Å². The molecule has 0 saturated heterocycles. The Morgan fingerprint density at radius 2 is 1.76 bits per heavy atom. The van der Waals surface area contributed by atoms with Crippen LogP contribution in [0.1, 0.15) is 7.12 Å². The third kappa shape index (κ3) is 5.13. The van der Waals surface area contributed by atoms with Gasteiger partial charge >= 0.3 is 18.8 Å². The van der Waals surface area contributed by atoms with E-state index in [1.165, 1.54) is 6.92 Å². The van der Waals surface area contributed by atoms with Crippen molar-refractivity contribution in [2.24, 2.45) is 10.2 Å². The number of para-hydroxylation sites is 1. The minimum absolute atomic E-state index is 0. The molecule has 1 aromatic heterocycles. The first kappa shape index (κ1) is 24.6. The molecule has 0 bridgehead atoms. The second kappa shape index (κ2) is 9.36. The molecule has 0 fully saturated rings. The molecule has 0 spiro atoms. The second-order valence-electron chi connectivity index (χ2n) is 5.39. The van der Waals surface area contributed by atoms with Crippen LogP contribution in [0.25, 0.3) is 5.69 Å². The largest absolute Gasteiger partial charge is 3.00 e. The SMILES string of the molecule is Cc1nn(-c2ccccc2)c([O-])c1N=Nc1cc(Cl)cc(S(=O)(=O)[O-])c1[O-].[Cr+3].[H+].[OH-]. The number of halogens is 1. The maximum Gasteiger partial charge on any atom is 3.00 e. The maximum absolute atomic E-state index is 12.5. The summed E-state index contributed by atoms with van der Waals surface area (Å²) in [6, 6.07) is 10.4. The zero-order valence-corrected chi connectivity index (χ0v) is 17.4. The standard InChI is InChI=1S/C16H13ClN4O5S.Cr.H2O/c1-9-14(16(23)21(20-9)11-5-3-2-4-6-11)19-18-12-7-10(17)8-13(15(12)22)27(24,25)26;;/h2-8,22-23H,1H3,(H,24,25,26);;1H2/q;+3;/p-3. The van der Waals surface area contributed by atoms with Gasteiger partial charge in [-0.3, -0.25) is 0 Å². The van der Waals surface area contributed by atoms with Crippen LogP contribution in [0.5, 0.6) is 11.6 Å². The number of benzene rings is 2. The molecule has 3 rings (SSSR count). The van der Waals surface area contributed by atoms with E-state index in [1.54, 1.807) is 30.3 Å². The number of aryl methyl sites for hydroxylation is 1. The third-order valence-corrected chi connectivity index (χ3v) is 4.58. The van der Waals surface area contributed by atoms with Crippen LogP contribution < -0.4 is 10.2 Å². The van der Waals surface area contributed by atoms with Crippen molar-refractivity contribution in [3.8, 4) is 17.3 Å². The fourth-order valence-electron chi connectivity index (χ4n) is 2.28. The third-order valence-electron chi connectivity index (χ3n) is 3.52. The summed E-state index contributed by atoms with van der Waals surface area (Å²) in [4.78, 5) is -1.04. The number of aromatic nitrogens is 2. The molecule has 1 heterocycles. The van der Waals surface area contributed by atoms with E-state index in [1.807, 2.05) is 0 Å². The van der Waals surface area contributed by atoms with Crippen molar-refractivity contribution >= 4 is 33.1 Å². The average Bonchev–Trinajstić information content (AvgIpc) is 2.89. The van der Waals surface area contributed by atoms with Gasteiger partial charge in [0.05, 0.1) is 22.0 Å². The summed E-state index contributed by atoms with van der Waals surface area (Å²) in [6.45, 7) is 1.53. The van der Waals surface area contributed by atoms with Crippen LogP contribution in [-0.2, 0) is 27.5 Å². The molecule has 0 atom stereocenters. The topological polar surface area (TPSA) is 176 Å². The minimum Gasteiger partial charge on any atom is -0.870 e. The molecule has 1 N–H and O–H groups in total. The smallest absolute Gasteiger partial charge is 0.870 e. The Morgan fingerprint density at radius 1 is 1.14 bits per heavy atom. The van der Waals surface area contributed by atoms with Gasteiger partial charge in [-0.2, -0.15) is 10.2 Å². The van der Waals surface area contributed by atoms with Crippen LogP contribution in [0.3, 0.4) is 0 Å². The average molecular weight is 476 g/mol. The number of nitrogens with zero attached hydrogens (tertiary/aromatic N) is 4.